The average molecular weight is 462 g/mol. The number of aromatic hydroxyl groups is 1. The number of rotatable bonds is 7. The molecule has 3 aromatic carbocycles. The molecule has 0 atom stereocenters. The van der Waals surface area contributed by atoms with E-state index >= 15 is 0 Å². The standard InChI is InChI=1S/C21H23N3O2.CH4O4S/c1-24(2,3)14-15-26-20-11-7-6-10-18(20)22-23-21-17-9-5-4-8-16(17)12-13-19(21)25;1-5-6(2,3)4/h4-13H,14-15H2,1-3H3;1H3,(H,2,3,4). The third-order valence-electron chi connectivity index (χ3n) is 4.23. The van der Waals surface area contributed by atoms with Crippen molar-refractivity contribution < 1.29 is 31.5 Å². The zero-order valence-electron chi connectivity index (χ0n) is 18.4. The Labute approximate surface area is 188 Å². The fourth-order valence-electron chi connectivity index (χ4n) is 2.54. The molecular weight excluding hydrogens is 434 g/mol. The molecule has 172 valence electrons. The zero-order chi connectivity index (χ0) is 23.8. The monoisotopic (exact) mass is 461 g/mol. The molecule has 32 heavy (non-hydrogen) atoms. The third kappa shape index (κ3) is 8.23. The minimum atomic E-state index is -4.41. The average Bonchev–Trinajstić information content (AvgIpc) is 2.73. The van der Waals surface area contributed by atoms with Gasteiger partial charge in [-0.3, -0.25) is 4.18 Å². The summed E-state index contributed by atoms with van der Waals surface area (Å²) in [4.78, 5) is 0. The summed E-state index contributed by atoms with van der Waals surface area (Å²) in [6.07, 6.45) is 0. The first-order valence-corrected chi connectivity index (χ1v) is 11.0. The fourth-order valence-corrected chi connectivity index (χ4v) is 2.54. The van der Waals surface area contributed by atoms with Crippen LogP contribution in [0.25, 0.3) is 10.8 Å². The van der Waals surface area contributed by atoms with Crippen molar-refractivity contribution >= 4 is 32.5 Å². The quantitative estimate of drug-likeness (QED) is 0.244. The van der Waals surface area contributed by atoms with Gasteiger partial charge in [-0.25, -0.2) is 8.42 Å². The van der Waals surface area contributed by atoms with Gasteiger partial charge in [-0.05, 0) is 23.6 Å². The number of phenolic OH excluding ortho intramolecular Hbond substituents is 1. The second-order valence-corrected chi connectivity index (χ2v) is 8.91. The van der Waals surface area contributed by atoms with E-state index in [4.69, 9.17) is 4.74 Å². The van der Waals surface area contributed by atoms with Gasteiger partial charge in [-0.1, -0.05) is 42.5 Å². The molecule has 0 amide bonds. The summed E-state index contributed by atoms with van der Waals surface area (Å²) in [5.41, 5.74) is 1.10. The Morgan fingerprint density at radius 1 is 0.969 bits per heavy atom. The van der Waals surface area contributed by atoms with Gasteiger partial charge in [0.2, 0.25) is 10.4 Å². The van der Waals surface area contributed by atoms with Gasteiger partial charge < -0.3 is 18.9 Å². The molecule has 1 N–H and O–H groups in total. The van der Waals surface area contributed by atoms with Crippen molar-refractivity contribution in [1.29, 1.82) is 0 Å². The van der Waals surface area contributed by atoms with Crippen LogP contribution >= 0.6 is 0 Å². The van der Waals surface area contributed by atoms with Gasteiger partial charge in [-0.2, -0.15) is 0 Å². The summed E-state index contributed by atoms with van der Waals surface area (Å²) < 4.78 is 37.7. The van der Waals surface area contributed by atoms with Gasteiger partial charge in [0.25, 0.3) is 0 Å². The zero-order valence-corrected chi connectivity index (χ0v) is 19.2. The van der Waals surface area contributed by atoms with Crippen LogP contribution in [0.15, 0.2) is 70.9 Å². The van der Waals surface area contributed by atoms with Crippen molar-refractivity contribution in [3.05, 3.63) is 60.7 Å². The Bertz CT molecular complexity index is 1170. The lowest BCUT2D eigenvalue weighted by Crippen LogP contribution is -2.38. The molecule has 3 aromatic rings. The van der Waals surface area contributed by atoms with Gasteiger partial charge in [0.05, 0.1) is 28.3 Å². The number of quaternary nitrogens is 1. The summed E-state index contributed by atoms with van der Waals surface area (Å²) in [5, 5.41) is 20.7. The van der Waals surface area contributed by atoms with Crippen LogP contribution in [0, 0.1) is 0 Å². The minimum absolute atomic E-state index is 0.107. The number of hydrogen-bond donors (Lipinski definition) is 1. The number of azo groups is 1. The number of fused-ring (bicyclic) bond motifs is 1. The van der Waals surface area contributed by atoms with Crippen molar-refractivity contribution in [1.82, 2.24) is 0 Å². The second kappa shape index (κ2) is 11.0. The van der Waals surface area contributed by atoms with Gasteiger partial charge in [0, 0.05) is 5.39 Å². The summed E-state index contributed by atoms with van der Waals surface area (Å²) in [6, 6.07) is 18.8. The summed E-state index contributed by atoms with van der Waals surface area (Å²) >= 11 is 0. The molecule has 0 saturated carbocycles. The Morgan fingerprint density at radius 3 is 2.25 bits per heavy atom. The number of likely N-dealkylation sites (N-methyl/N-ethyl adjacent to an activating group) is 1. The molecule has 0 heterocycles. The van der Waals surface area contributed by atoms with Gasteiger partial charge in [0.15, 0.2) is 0 Å². The Kier molecular flexibility index (Phi) is 8.67. The molecule has 0 spiro atoms. The molecule has 0 saturated heterocycles. The predicted octanol–water partition coefficient (Wildman–Crippen LogP) is 4.14. The van der Waals surface area contributed by atoms with E-state index in [0.717, 1.165) is 28.9 Å². The van der Waals surface area contributed by atoms with E-state index in [1.807, 2.05) is 54.6 Å². The Balaban J connectivity index is 0.000000534. The molecule has 0 bridgehead atoms. The molecule has 0 aliphatic rings. The smallest absolute Gasteiger partial charge is 0.217 e. The van der Waals surface area contributed by atoms with Crippen molar-refractivity contribution in [2.24, 2.45) is 10.2 Å². The molecule has 0 aliphatic carbocycles. The maximum atomic E-state index is 10.2. The number of benzene rings is 3. The van der Waals surface area contributed by atoms with Gasteiger partial charge in [0.1, 0.15) is 36.0 Å². The first-order chi connectivity index (χ1) is 15.0. The lowest BCUT2D eigenvalue weighted by atomic mass is 10.1. The molecule has 0 radical (unpaired) electrons. The normalized spacial score (nSPS) is 11.9. The van der Waals surface area contributed by atoms with Crippen molar-refractivity contribution in [3.8, 4) is 11.5 Å². The van der Waals surface area contributed by atoms with E-state index in [1.165, 1.54) is 0 Å². The first kappa shape index (κ1) is 25.2. The minimum Gasteiger partial charge on any atom is -0.726 e. The van der Waals surface area contributed by atoms with Crippen molar-refractivity contribution in [2.75, 3.05) is 41.4 Å². The highest BCUT2D eigenvalue weighted by atomic mass is 32.3. The molecule has 0 unspecified atom stereocenters. The lowest BCUT2D eigenvalue weighted by Gasteiger charge is -2.23. The van der Waals surface area contributed by atoms with Crippen molar-refractivity contribution in [2.45, 2.75) is 0 Å². The molecule has 0 aromatic heterocycles. The highest BCUT2D eigenvalue weighted by Crippen LogP contribution is 2.37. The molecule has 9 nitrogen and oxygen atoms in total. The molecule has 0 fully saturated rings. The number of phenols is 1. The van der Waals surface area contributed by atoms with E-state index < -0.39 is 10.4 Å². The third-order valence-corrected chi connectivity index (χ3v) is 4.63. The fraction of sp³-hybridized carbons (Fsp3) is 0.273. The first-order valence-electron chi connectivity index (χ1n) is 9.66. The largest absolute Gasteiger partial charge is 0.726 e. The number of ether oxygens (including phenoxy) is 1. The van der Waals surface area contributed by atoms with E-state index in [9.17, 15) is 18.1 Å². The van der Waals surface area contributed by atoms with E-state index in [0.29, 0.717) is 23.7 Å². The summed E-state index contributed by atoms with van der Waals surface area (Å²) in [7, 11) is 2.77. The van der Waals surface area contributed by atoms with Crippen molar-refractivity contribution in [3.63, 3.8) is 0 Å². The molecule has 10 heteroatoms. The number of nitrogens with zero attached hydrogens (tertiary/aromatic N) is 3. The van der Waals surface area contributed by atoms with E-state index in [2.05, 4.69) is 35.6 Å². The highest BCUT2D eigenvalue weighted by molar-refractivity contribution is 7.80. The van der Waals surface area contributed by atoms with Gasteiger partial charge >= 0.3 is 0 Å². The van der Waals surface area contributed by atoms with Crippen LogP contribution in [0.3, 0.4) is 0 Å². The van der Waals surface area contributed by atoms with Crippen LogP contribution in [0.4, 0.5) is 11.4 Å². The van der Waals surface area contributed by atoms with E-state index in [1.54, 1.807) is 6.07 Å². The van der Waals surface area contributed by atoms with Crippen LogP contribution < -0.4 is 4.74 Å². The topological polar surface area (TPSA) is 121 Å². The number of para-hydroxylation sites is 1. The van der Waals surface area contributed by atoms with Crippen LogP contribution in [-0.2, 0) is 14.6 Å². The molecule has 3 rings (SSSR count). The SMILES string of the molecule is COS(=O)(=O)[O-].C[N+](C)(C)CCOc1ccccc1N=Nc1c(O)ccc2ccccc12. The maximum Gasteiger partial charge on any atom is 0.217 e. The van der Waals surface area contributed by atoms with Crippen LogP contribution in [-0.4, -0.2) is 64.0 Å². The maximum absolute atomic E-state index is 10.2. The Hall–Kier alpha value is -3.05. The number of hydrogen-bond acceptors (Lipinski definition) is 8. The summed E-state index contributed by atoms with van der Waals surface area (Å²) in [5.74, 6) is 0.792. The lowest BCUT2D eigenvalue weighted by molar-refractivity contribution is -0.870. The van der Waals surface area contributed by atoms with E-state index in [-0.39, 0.29) is 5.75 Å². The van der Waals surface area contributed by atoms with Crippen LogP contribution in [0.5, 0.6) is 11.5 Å². The molecule has 0 aliphatic heterocycles. The highest BCUT2D eigenvalue weighted by Gasteiger charge is 2.10. The Morgan fingerprint density at radius 2 is 1.59 bits per heavy atom. The molecular formula is C22H27N3O6S. The summed E-state index contributed by atoms with van der Waals surface area (Å²) in [6.45, 7) is 1.48. The van der Waals surface area contributed by atoms with Gasteiger partial charge in [-0.15, -0.1) is 10.2 Å². The second-order valence-electron chi connectivity index (χ2n) is 7.76. The van der Waals surface area contributed by atoms with Crippen LogP contribution in [0.1, 0.15) is 0 Å². The predicted molar refractivity (Wildman–Crippen MR) is 121 cm³/mol. The van der Waals surface area contributed by atoms with Crippen LogP contribution in [0.2, 0.25) is 0 Å².